The lowest BCUT2D eigenvalue weighted by Crippen LogP contribution is -2.44. The van der Waals surface area contributed by atoms with Gasteiger partial charge >= 0.3 is 0 Å². The predicted octanol–water partition coefficient (Wildman–Crippen LogP) is 3.08. The van der Waals surface area contributed by atoms with Crippen LogP contribution in [0.3, 0.4) is 0 Å². The number of nitrogens with zero attached hydrogens (tertiary/aromatic N) is 1. The highest BCUT2D eigenvalue weighted by Crippen LogP contribution is 2.31. The first-order valence-electron chi connectivity index (χ1n) is 7.08. The molecule has 0 aromatic heterocycles. The number of rotatable bonds is 3. The van der Waals surface area contributed by atoms with Gasteiger partial charge in [0.05, 0.1) is 10.5 Å². The minimum Gasteiger partial charge on any atom is -0.507 e. The van der Waals surface area contributed by atoms with Gasteiger partial charge in [-0.25, -0.2) is 4.39 Å². The summed E-state index contributed by atoms with van der Waals surface area (Å²) in [4.78, 5) is 24.9. The van der Waals surface area contributed by atoms with Gasteiger partial charge in [0, 0.05) is 0 Å². The summed E-state index contributed by atoms with van der Waals surface area (Å²) < 4.78 is 13.4. The van der Waals surface area contributed by atoms with Gasteiger partial charge in [0.2, 0.25) is 0 Å². The molecule has 0 saturated carbocycles. The van der Waals surface area contributed by atoms with Crippen molar-refractivity contribution < 1.29 is 19.1 Å². The summed E-state index contributed by atoms with van der Waals surface area (Å²) in [6, 6.07) is 11.7. The van der Waals surface area contributed by atoms with Gasteiger partial charge in [0.25, 0.3) is 11.8 Å². The molecule has 0 atom stereocenters. The summed E-state index contributed by atoms with van der Waals surface area (Å²) in [5.41, 5.74) is 2.90. The number of phenols is 1. The van der Waals surface area contributed by atoms with E-state index in [1.165, 1.54) is 36.4 Å². The molecule has 8 heteroatoms. The number of hydrazine groups is 1. The average molecular weight is 374 g/mol. The van der Waals surface area contributed by atoms with Crippen molar-refractivity contribution in [3.05, 3.63) is 70.4 Å². The molecule has 0 unspecified atom stereocenters. The van der Waals surface area contributed by atoms with E-state index in [4.69, 9.17) is 12.2 Å². The van der Waals surface area contributed by atoms with Crippen LogP contribution in [0.4, 0.5) is 4.39 Å². The number of thiocarbonyl (C=S) groups is 1. The Balaban J connectivity index is 1.80. The quantitative estimate of drug-likeness (QED) is 0.638. The Morgan fingerprint density at radius 3 is 2.72 bits per heavy atom. The number of carbonyl (C=O) groups is 2. The molecule has 0 radical (unpaired) electrons. The van der Waals surface area contributed by atoms with Gasteiger partial charge in [-0.15, -0.1) is 0 Å². The fourth-order valence-corrected chi connectivity index (χ4v) is 3.32. The molecule has 1 heterocycles. The molecule has 0 aliphatic carbocycles. The lowest BCUT2D eigenvalue weighted by atomic mass is 10.2. The molecule has 2 aromatic rings. The highest BCUT2D eigenvalue weighted by Gasteiger charge is 2.34. The smallest absolute Gasteiger partial charge is 0.285 e. The molecule has 5 nitrogen and oxygen atoms in total. The van der Waals surface area contributed by atoms with Gasteiger partial charge in [0.15, 0.2) is 4.32 Å². The zero-order valence-corrected chi connectivity index (χ0v) is 14.2. The maximum Gasteiger partial charge on any atom is 0.285 e. The van der Waals surface area contributed by atoms with Crippen molar-refractivity contribution >= 4 is 46.2 Å². The molecule has 1 aliphatic heterocycles. The third kappa shape index (κ3) is 3.70. The van der Waals surface area contributed by atoms with Crippen molar-refractivity contribution in [3.63, 3.8) is 0 Å². The molecule has 0 spiro atoms. The lowest BCUT2D eigenvalue weighted by Gasteiger charge is -2.16. The zero-order chi connectivity index (χ0) is 18.0. The van der Waals surface area contributed by atoms with E-state index in [-0.39, 0.29) is 20.5 Å². The standard InChI is InChI=1S/C17H11FN2O3S2/c18-11-5-3-4-10(8-11)9-14-16(23)20(17(24)25-14)19-15(22)12-6-1-2-7-13(12)21/h1-9,21H,(H,19,22)/b14-9+. The van der Waals surface area contributed by atoms with Gasteiger partial charge in [-0.2, -0.15) is 5.01 Å². The SMILES string of the molecule is O=C(NN1C(=O)/C(=C\c2cccc(F)c2)SC1=S)c1ccccc1O. The molecule has 126 valence electrons. The van der Waals surface area contributed by atoms with Crippen molar-refractivity contribution in [2.75, 3.05) is 0 Å². The Morgan fingerprint density at radius 2 is 2.00 bits per heavy atom. The van der Waals surface area contributed by atoms with Crippen molar-refractivity contribution in [3.8, 4) is 5.75 Å². The number of amides is 2. The highest BCUT2D eigenvalue weighted by molar-refractivity contribution is 8.26. The zero-order valence-electron chi connectivity index (χ0n) is 12.6. The van der Waals surface area contributed by atoms with E-state index in [1.807, 2.05) is 0 Å². The van der Waals surface area contributed by atoms with Crippen molar-refractivity contribution in [1.82, 2.24) is 10.4 Å². The number of carbonyl (C=O) groups excluding carboxylic acids is 2. The minimum atomic E-state index is -0.665. The van der Waals surface area contributed by atoms with Crippen LogP contribution >= 0.6 is 24.0 Å². The fourth-order valence-electron chi connectivity index (χ4n) is 2.14. The van der Waals surface area contributed by atoms with E-state index in [0.717, 1.165) is 16.8 Å². The van der Waals surface area contributed by atoms with Crippen molar-refractivity contribution in [2.24, 2.45) is 0 Å². The van der Waals surface area contributed by atoms with Gasteiger partial charge in [-0.05, 0) is 48.1 Å². The molecule has 2 aromatic carbocycles. The van der Waals surface area contributed by atoms with E-state index in [0.29, 0.717) is 5.56 Å². The maximum atomic E-state index is 13.3. The predicted molar refractivity (Wildman–Crippen MR) is 97.0 cm³/mol. The molecule has 2 N–H and O–H groups in total. The maximum absolute atomic E-state index is 13.3. The number of aromatic hydroxyl groups is 1. The first-order chi connectivity index (χ1) is 12.0. The number of para-hydroxylation sites is 1. The molecule has 2 amide bonds. The monoisotopic (exact) mass is 374 g/mol. The summed E-state index contributed by atoms with van der Waals surface area (Å²) in [7, 11) is 0. The molecule has 1 saturated heterocycles. The van der Waals surface area contributed by atoms with Crippen molar-refractivity contribution in [1.29, 1.82) is 0 Å². The van der Waals surface area contributed by atoms with Crippen LogP contribution in [0.5, 0.6) is 5.75 Å². The number of halogens is 1. The van der Waals surface area contributed by atoms with E-state index < -0.39 is 17.6 Å². The molecule has 0 bridgehead atoms. The lowest BCUT2D eigenvalue weighted by molar-refractivity contribution is -0.123. The minimum absolute atomic E-state index is 0.0191. The topological polar surface area (TPSA) is 69.6 Å². The Labute approximate surface area is 152 Å². The number of nitrogens with one attached hydrogen (secondary N) is 1. The van der Waals surface area contributed by atoms with Gasteiger partial charge in [0.1, 0.15) is 11.6 Å². The second kappa shape index (κ2) is 7.04. The summed E-state index contributed by atoms with van der Waals surface area (Å²) in [5, 5.41) is 10.6. The molecular weight excluding hydrogens is 363 g/mol. The Hall–Kier alpha value is -2.71. The third-order valence-electron chi connectivity index (χ3n) is 3.30. The number of hydrogen-bond acceptors (Lipinski definition) is 5. The van der Waals surface area contributed by atoms with E-state index >= 15 is 0 Å². The average Bonchev–Trinajstić information content (AvgIpc) is 2.83. The highest BCUT2D eigenvalue weighted by atomic mass is 32.2. The second-order valence-electron chi connectivity index (χ2n) is 5.03. The van der Waals surface area contributed by atoms with Crippen LogP contribution < -0.4 is 5.43 Å². The normalized spacial score (nSPS) is 15.7. The van der Waals surface area contributed by atoms with E-state index in [2.05, 4.69) is 5.43 Å². The Morgan fingerprint density at radius 1 is 1.24 bits per heavy atom. The second-order valence-corrected chi connectivity index (χ2v) is 6.71. The molecule has 1 aliphatic rings. The van der Waals surface area contributed by atoms with Crippen LogP contribution in [0.2, 0.25) is 0 Å². The Bertz CT molecular complexity index is 914. The number of hydrogen-bond donors (Lipinski definition) is 2. The van der Waals surface area contributed by atoms with Crippen LogP contribution in [0.15, 0.2) is 53.4 Å². The first-order valence-corrected chi connectivity index (χ1v) is 8.30. The number of benzene rings is 2. The molecule has 3 rings (SSSR count). The number of phenolic OH excluding ortho intramolecular Hbond substituents is 1. The number of thioether (sulfide) groups is 1. The van der Waals surface area contributed by atoms with Gasteiger partial charge in [-0.1, -0.05) is 36.0 Å². The van der Waals surface area contributed by atoms with Crippen LogP contribution in [0.1, 0.15) is 15.9 Å². The summed E-state index contributed by atoms with van der Waals surface area (Å²) in [6.45, 7) is 0. The first kappa shape index (κ1) is 17.1. The Kier molecular flexibility index (Phi) is 4.82. The van der Waals surface area contributed by atoms with Crippen LogP contribution in [-0.2, 0) is 4.79 Å². The van der Waals surface area contributed by atoms with Gasteiger partial charge in [-0.3, -0.25) is 15.0 Å². The largest absolute Gasteiger partial charge is 0.507 e. The van der Waals surface area contributed by atoms with E-state index in [1.54, 1.807) is 18.2 Å². The molecule has 25 heavy (non-hydrogen) atoms. The van der Waals surface area contributed by atoms with Crippen molar-refractivity contribution in [2.45, 2.75) is 0 Å². The van der Waals surface area contributed by atoms with E-state index in [9.17, 15) is 19.1 Å². The van der Waals surface area contributed by atoms with Crippen LogP contribution in [0, 0.1) is 5.82 Å². The summed E-state index contributed by atoms with van der Waals surface area (Å²) in [6.07, 6.45) is 1.49. The van der Waals surface area contributed by atoms with Gasteiger partial charge < -0.3 is 5.11 Å². The summed E-state index contributed by atoms with van der Waals surface area (Å²) in [5.74, 6) is -1.82. The van der Waals surface area contributed by atoms with Crippen LogP contribution in [0.25, 0.3) is 6.08 Å². The van der Waals surface area contributed by atoms with Crippen LogP contribution in [-0.4, -0.2) is 26.3 Å². The third-order valence-corrected chi connectivity index (χ3v) is 4.60. The molecular formula is C17H11FN2O3S2. The molecule has 1 fully saturated rings. The fraction of sp³-hybridized carbons (Fsp3) is 0. The summed E-state index contributed by atoms with van der Waals surface area (Å²) >= 11 is 6.11.